The molecule has 0 aromatic carbocycles. The minimum Gasteiger partial charge on any atom is -0.462 e. The molecule has 0 atom stereocenters. The van der Waals surface area contributed by atoms with Gasteiger partial charge in [0.2, 0.25) is 0 Å². The van der Waals surface area contributed by atoms with Gasteiger partial charge in [0.25, 0.3) is 17.9 Å². The van der Waals surface area contributed by atoms with Crippen LogP contribution in [0.4, 0.5) is 0 Å². The van der Waals surface area contributed by atoms with E-state index in [4.69, 9.17) is 14.0 Å². The quantitative estimate of drug-likeness (QED) is 0.132. The standard InChI is InChI=1S/C30H57BO6/c1-28(2,3)22-16-10-13-19-25(32)35-31(36-26(33)20-14-11-17-23-29(4,5)6)37-27(34)21-15-12-18-24-30(7,8)9/h10-24H2,1-9H3. The van der Waals surface area contributed by atoms with Gasteiger partial charge in [-0.1, -0.05) is 101 Å². The Labute approximate surface area is 228 Å². The Morgan fingerprint density at radius 2 is 0.676 bits per heavy atom. The fourth-order valence-electron chi connectivity index (χ4n) is 3.88. The second kappa shape index (κ2) is 17.9. The van der Waals surface area contributed by atoms with Crippen molar-refractivity contribution in [2.45, 2.75) is 159 Å². The lowest BCUT2D eigenvalue weighted by Gasteiger charge is -2.18. The lowest BCUT2D eigenvalue weighted by Crippen LogP contribution is -2.34. The smallest absolute Gasteiger partial charge is 0.462 e. The van der Waals surface area contributed by atoms with E-state index < -0.39 is 25.2 Å². The van der Waals surface area contributed by atoms with Crippen molar-refractivity contribution in [1.29, 1.82) is 0 Å². The first kappa shape index (κ1) is 35.5. The lowest BCUT2D eigenvalue weighted by molar-refractivity contribution is -0.148. The summed E-state index contributed by atoms with van der Waals surface area (Å²) in [5, 5.41) is 0. The molecule has 0 spiro atoms. The molecule has 0 heterocycles. The number of hydrogen-bond donors (Lipinski definition) is 0. The predicted molar refractivity (Wildman–Crippen MR) is 152 cm³/mol. The Balaban J connectivity index is 4.61. The Kier molecular flexibility index (Phi) is 17.1. The van der Waals surface area contributed by atoms with E-state index in [1.54, 1.807) is 0 Å². The van der Waals surface area contributed by atoms with Gasteiger partial charge in [-0.15, -0.1) is 0 Å². The second-order valence-corrected chi connectivity index (χ2v) is 14.1. The molecule has 7 heteroatoms. The average molecular weight is 525 g/mol. The predicted octanol–water partition coefficient (Wildman–Crippen LogP) is 8.59. The van der Waals surface area contributed by atoms with E-state index in [1.165, 1.54) is 0 Å². The maximum atomic E-state index is 12.4. The number of carbonyl (C=O) groups is 3. The van der Waals surface area contributed by atoms with E-state index >= 15 is 0 Å². The van der Waals surface area contributed by atoms with E-state index in [0.29, 0.717) is 19.3 Å². The molecule has 0 unspecified atom stereocenters. The first-order chi connectivity index (χ1) is 17.0. The summed E-state index contributed by atoms with van der Waals surface area (Å²) in [4.78, 5) is 37.1. The van der Waals surface area contributed by atoms with Gasteiger partial charge in [0, 0.05) is 19.3 Å². The first-order valence-electron chi connectivity index (χ1n) is 14.6. The van der Waals surface area contributed by atoms with Crippen molar-refractivity contribution in [2.24, 2.45) is 16.2 Å². The van der Waals surface area contributed by atoms with Crippen LogP contribution in [-0.2, 0) is 28.3 Å². The third kappa shape index (κ3) is 25.9. The largest absolute Gasteiger partial charge is 0.870 e. The Bertz CT molecular complexity index is 564. The van der Waals surface area contributed by atoms with E-state index in [0.717, 1.165) is 57.8 Å². The van der Waals surface area contributed by atoms with Crippen molar-refractivity contribution >= 4 is 25.2 Å². The van der Waals surface area contributed by atoms with Crippen LogP contribution >= 0.6 is 0 Å². The van der Waals surface area contributed by atoms with Crippen molar-refractivity contribution in [3.63, 3.8) is 0 Å². The summed E-state index contributed by atoms with van der Waals surface area (Å²) in [7, 11) is -1.61. The van der Waals surface area contributed by atoms with Gasteiger partial charge >= 0.3 is 7.32 Å². The first-order valence-corrected chi connectivity index (χ1v) is 14.6. The number of unbranched alkanes of at least 4 members (excludes halogenated alkanes) is 6. The fourth-order valence-corrected chi connectivity index (χ4v) is 3.88. The van der Waals surface area contributed by atoms with Crippen LogP contribution in [0.3, 0.4) is 0 Å². The second-order valence-electron chi connectivity index (χ2n) is 14.1. The molecule has 0 rings (SSSR count). The van der Waals surface area contributed by atoms with Gasteiger partial charge in [0.1, 0.15) is 0 Å². The fraction of sp³-hybridized carbons (Fsp3) is 0.900. The minimum absolute atomic E-state index is 0.204. The molecule has 0 saturated carbocycles. The molecule has 0 radical (unpaired) electrons. The molecule has 0 saturated heterocycles. The van der Waals surface area contributed by atoms with Crippen LogP contribution in [-0.4, -0.2) is 25.2 Å². The molecule has 0 N–H and O–H groups in total. The van der Waals surface area contributed by atoms with Crippen molar-refractivity contribution in [3.05, 3.63) is 0 Å². The van der Waals surface area contributed by atoms with Gasteiger partial charge in [-0.05, 0) is 54.8 Å². The maximum Gasteiger partial charge on any atom is 0.870 e. The molecule has 0 bridgehead atoms. The van der Waals surface area contributed by atoms with Crippen LogP contribution in [0.2, 0.25) is 0 Å². The van der Waals surface area contributed by atoms with Crippen LogP contribution < -0.4 is 0 Å². The Morgan fingerprint density at radius 3 is 0.892 bits per heavy atom. The third-order valence-corrected chi connectivity index (χ3v) is 6.11. The van der Waals surface area contributed by atoms with Gasteiger partial charge in [-0.25, -0.2) is 0 Å². The summed E-state index contributed by atoms with van der Waals surface area (Å²) < 4.78 is 15.8. The normalized spacial score (nSPS) is 12.2. The van der Waals surface area contributed by atoms with E-state index in [9.17, 15) is 14.4 Å². The number of hydrogen-bond acceptors (Lipinski definition) is 6. The summed E-state index contributed by atoms with van der Waals surface area (Å²) in [6.45, 7) is 19.8. The SMILES string of the molecule is CC(C)(C)CCCCCC(=O)OB(OC(=O)CCCCCC(C)(C)C)OC(=O)CCCCCC(C)(C)C. The van der Waals surface area contributed by atoms with Crippen LogP contribution in [0.25, 0.3) is 0 Å². The minimum atomic E-state index is -1.61. The van der Waals surface area contributed by atoms with Crippen LogP contribution in [0.5, 0.6) is 0 Å². The highest BCUT2D eigenvalue weighted by molar-refractivity contribution is 6.44. The highest BCUT2D eigenvalue weighted by atomic mass is 16.8. The topological polar surface area (TPSA) is 78.9 Å². The molecule has 0 aromatic rings. The highest BCUT2D eigenvalue weighted by Gasteiger charge is 2.36. The van der Waals surface area contributed by atoms with Crippen LogP contribution in [0.1, 0.15) is 159 Å². The van der Waals surface area contributed by atoms with Gasteiger partial charge in [-0.3, -0.25) is 14.4 Å². The van der Waals surface area contributed by atoms with Gasteiger partial charge in [0.05, 0.1) is 0 Å². The molecule has 37 heavy (non-hydrogen) atoms. The maximum absolute atomic E-state index is 12.4. The Hall–Kier alpha value is -1.53. The van der Waals surface area contributed by atoms with E-state index in [-0.39, 0.29) is 35.5 Å². The third-order valence-electron chi connectivity index (χ3n) is 6.11. The number of rotatable bonds is 18. The average Bonchev–Trinajstić information content (AvgIpc) is 2.70. The van der Waals surface area contributed by atoms with Crippen molar-refractivity contribution < 1.29 is 28.3 Å². The van der Waals surface area contributed by atoms with Crippen molar-refractivity contribution in [1.82, 2.24) is 0 Å². The van der Waals surface area contributed by atoms with Gasteiger partial charge in [-0.2, -0.15) is 0 Å². The van der Waals surface area contributed by atoms with Crippen LogP contribution in [0, 0.1) is 16.2 Å². The molecule has 216 valence electrons. The summed E-state index contributed by atoms with van der Waals surface area (Å²) in [5.74, 6) is -1.55. The van der Waals surface area contributed by atoms with Crippen molar-refractivity contribution in [2.75, 3.05) is 0 Å². The zero-order valence-electron chi connectivity index (χ0n) is 25.6. The molecule has 0 aromatic heterocycles. The van der Waals surface area contributed by atoms with Crippen molar-refractivity contribution in [3.8, 4) is 0 Å². The molecule has 6 nitrogen and oxygen atoms in total. The monoisotopic (exact) mass is 524 g/mol. The zero-order valence-corrected chi connectivity index (χ0v) is 25.6. The van der Waals surface area contributed by atoms with Gasteiger partial charge < -0.3 is 14.0 Å². The van der Waals surface area contributed by atoms with Crippen LogP contribution in [0.15, 0.2) is 0 Å². The molecule has 0 aliphatic carbocycles. The number of carbonyl (C=O) groups excluding carboxylic acids is 3. The molecular weight excluding hydrogens is 467 g/mol. The van der Waals surface area contributed by atoms with Gasteiger partial charge in [0.15, 0.2) is 0 Å². The summed E-state index contributed by atoms with van der Waals surface area (Å²) in [5.41, 5.74) is 0.814. The molecule has 0 aliphatic rings. The molecule has 0 aliphatic heterocycles. The summed E-state index contributed by atoms with van der Waals surface area (Å²) in [6.07, 6.45) is 11.8. The summed E-state index contributed by atoms with van der Waals surface area (Å²) in [6, 6.07) is 0. The summed E-state index contributed by atoms with van der Waals surface area (Å²) >= 11 is 0. The Morgan fingerprint density at radius 1 is 0.432 bits per heavy atom. The lowest BCUT2D eigenvalue weighted by atomic mass is 9.89. The zero-order chi connectivity index (χ0) is 28.5. The van der Waals surface area contributed by atoms with E-state index in [1.807, 2.05) is 0 Å². The molecule has 0 fully saturated rings. The van der Waals surface area contributed by atoms with E-state index in [2.05, 4.69) is 62.3 Å². The highest BCUT2D eigenvalue weighted by Crippen LogP contribution is 2.24. The molecular formula is C30H57BO6. The molecule has 0 amide bonds.